The maximum atomic E-state index is 13.0. The molecule has 13 nitrogen and oxygen atoms in total. The Hall–Kier alpha value is -4.65. The zero-order valence-corrected chi connectivity index (χ0v) is 22.9. The summed E-state index contributed by atoms with van der Waals surface area (Å²) in [5.74, 6) is -3.83. The van der Waals surface area contributed by atoms with E-state index in [1.54, 1.807) is 24.3 Å². The van der Waals surface area contributed by atoms with Gasteiger partial charge in [0.05, 0.1) is 19.1 Å². The van der Waals surface area contributed by atoms with Crippen LogP contribution >= 0.6 is 0 Å². The maximum Gasteiger partial charge on any atom is 0.326 e. The molecular weight excluding hydrogens is 534 g/mol. The molecule has 0 aliphatic heterocycles. The number of hydrogen-bond acceptors (Lipinski definition) is 8. The molecule has 3 atom stereocenters. The third-order valence-corrected chi connectivity index (χ3v) is 5.95. The van der Waals surface area contributed by atoms with E-state index in [1.807, 2.05) is 13.8 Å². The monoisotopic (exact) mass is 571 g/mol. The van der Waals surface area contributed by atoms with Gasteiger partial charge in [0.25, 0.3) is 0 Å². The predicted octanol–water partition coefficient (Wildman–Crippen LogP) is -0.457. The zero-order chi connectivity index (χ0) is 30.5. The molecule has 9 N–H and O–H groups in total. The lowest BCUT2D eigenvalue weighted by molar-refractivity contribution is -0.142. The van der Waals surface area contributed by atoms with Crippen LogP contribution in [0.5, 0.6) is 11.5 Å². The second kappa shape index (κ2) is 15.8. The van der Waals surface area contributed by atoms with Gasteiger partial charge in [0.1, 0.15) is 23.6 Å². The highest BCUT2D eigenvalue weighted by Crippen LogP contribution is 2.13. The molecule has 2 aromatic rings. The first-order valence-electron chi connectivity index (χ1n) is 13.0. The van der Waals surface area contributed by atoms with Crippen molar-refractivity contribution in [2.24, 2.45) is 11.7 Å². The largest absolute Gasteiger partial charge is 0.508 e. The normalized spacial score (nSPS) is 13.0. The molecule has 0 aliphatic carbocycles. The van der Waals surface area contributed by atoms with Gasteiger partial charge in [-0.2, -0.15) is 0 Å². The summed E-state index contributed by atoms with van der Waals surface area (Å²) in [5.41, 5.74) is 7.18. The number of carboxylic acid groups (broad SMARTS) is 1. The number of nitrogens with two attached hydrogens (primary N) is 1. The molecule has 0 spiro atoms. The van der Waals surface area contributed by atoms with Gasteiger partial charge in [-0.15, -0.1) is 0 Å². The second-order valence-electron chi connectivity index (χ2n) is 9.99. The molecule has 41 heavy (non-hydrogen) atoms. The fraction of sp³-hybridized carbons (Fsp3) is 0.393. The van der Waals surface area contributed by atoms with Gasteiger partial charge < -0.3 is 42.3 Å². The number of aromatic hydroxyl groups is 2. The zero-order valence-electron chi connectivity index (χ0n) is 22.9. The molecule has 0 saturated carbocycles. The topological polar surface area (TPSA) is 220 Å². The molecule has 0 fully saturated rings. The van der Waals surface area contributed by atoms with Crippen molar-refractivity contribution in [2.75, 3.05) is 13.1 Å². The fourth-order valence-electron chi connectivity index (χ4n) is 3.81. The molecule has 2 rings (SSSR count). The minimum Gasteiger partial charge on any atom is -0.508 e. The van der Waals surface area contributed by atoms with Gasteiger partial charge in [-0.3, -0.25) is 19.2 Å². The lowest BCUT2D eigenvalue weighted by atomic mass is 10.0. The summed E-state index contributed by atoms with van der Waals surface area (Å²) < 4.78 is 0. The van der Waals surface area contributed by atoms with Crippen LogP contribution < -0.4 is 27.0 Å². The number of amides is 4. The van der Waals surface area contributed by atoms with Crippen molar-refractivity contribution >= 4 is 29.6 Å². The standard InChI is InChI=1S/C28H37N5O8/c1-16(2)11-23(28(40)41)33-27(39)22(13-18-5-9-20(35)10-6-18)32-25(37)15-30-24(36)14-31-26(38)21(29)12-17-3-7-19(34)8-4-17/h3-10,16,21-23,34-35H,11-15,29H2,1-2H3,(H,30,36)(H,31,38)(H,32,37)(H,33,39)(H,40,41). The lowest BCUT2D eigenvalue weighted by Crippen LogP contribution is -2.54. The van der Waals surface area contributed by atoms with Crippen LogP contribution in [0.1, 0.15) is 31.4 Å². The van der Waals surface area contributed by atoms with Crippen LogP contribution in [0.2, 0.25) is 0 Å². The van der Waals surface area contributed by atoms with Gasteiger partial charge in [0.15, 0.2) is 0 Å². The van der Waals surface area contributed by atoms with Gasteiger partial charge in [0, 0.05) is 6.42 Å². The summed E-state index contributed by atoms with van der Waals surface area (Å²) in [6, 6.07) is 8.83. The number of aliphatic carboxylic acids is 1. The van der Waals surface area contributed by atoms with Crippen LogP contribution in [0, 0.1) is 5.92 Å². The van der Waals surface area contributed by atoms with Crippen molar-refractivity contribution in [3.05, 3.63) is 59.7 Å². The first-order chi connectivity index (χ1) is 19.3. The van der Waals surface area contributed by atoms with E-state index in [2.05, 4.69) is 21.3 Å². The molecule has 0 aliphatic rings. The molecule has 3 unspecified atom stereocenters. The van der Waals surface area contributed by atoms with E-state index in [-0.39, 0.29) is 36.7 Å². The van der Waals surface area contributed by atoms with Crippen LogP contribution in [0.3, 0.4) is 0 Å². The summed E-state index contributed by atoms with van der Waals surface area (Å²) in [6.07, 6.45) is 0.358. The van der Waals surface area contributed by atoms with Crippen LogP contribution in [0.25, 0.3) is 0 Å². The minimum atomic E-state index is -1.21. The predicted molar refractivity (Wildman–Crippen MR) is 149 cm³/mol. The van der Waals surface area contributed by atoms with Crippen LogP contribution in [-0.2, 0) is 36.8 Å². The van der Waals surface area contributed by atoms with E-state index >= 15 is 0 Å². The van der Waals surface area contributed by atoms with Gasteiger partial charge in [0.2, 0.25) is 23.6 Å². The fourth-order valence-corrected chi connectivity index (χ4v) is 3.81. The molecule has 0 saturated heterocycles. The summed E-state index contributed by atoms with van der Waals surface area (Å²) >= 11 is 0. The molecule has 0 aromatic heterocycles. The Kier molecular flexibility index (Phi) is 12.6. The molecule has 0 heterocycles. The minimum absolute atomic E-state index is 0.00516. The first-order valence-corrected chi connectivity index (χ1v) is 13.0. The summed E-state index contributed by atoms with van der Waals surface area (Å²) in [6.45, 7) is 2.67. The average Bonchev–Trinajstić information content (AvgIpc) is 2.91. The molecule has 4 amide bonds. The highest BCUT2D eigenvalue weighted by molar-refractivity contribution is 5.93. The number of carboxylic acids is 1. The SMILES string of the molecule is CC(C)CC(NC(=O)C(Cc1ccc(O)cc1)NC(=O)CNC(=O)CNC(=O)C(N)Cc1ccc(O)cc1)C(=O)O. The number of phenols is 2. The Morgan fingerprint density at radius 3 is 1.73 bits per heavy atom. The number of phenolic OH excluding ortho intramolecular Hbond substituents is 2. The van der Waals surface area contributed by atoms with Gasteiger partial charge >= 0.3 is 5.97 Å². The first kappa shape index (κ1) is 32.6. The van der Waals surface area contributed by atoms with Gasteiger partial charge in [-0.25, -0.2) is 4.79 Å². The number of carbonyl (C=O) groups excluding carboxylic acids is 4. The average molecular weight is 572 g/mol. The number of rotatable bonds is 15. The Balaban J connectivity index is 1.91. The highest BCUT2D eigenvalue weighted by atomic mass is 16.4. The van der Waals surface area contributed by atoms with Crippen molar-refractivity contribution < 1.29 is 39.3 Å². The van der Waals surface area contributed by atoms with E-state index in [9.17, 15) is 39.3 Å². The number of hydrogen-bond donors (Lipinski definition) is 8. The van der Waals surface area contributed by atoms with Crippen molar-refractivity contribution in [2.45, 2.75) is 51.2 Å². The highest BCUT2D eigenvalue weighted by Gasteiger charge is 2.27. The Morgan fingerprint density at radius 2 is 1.22 bits per heavy atom. The van der Waals surface area contributed by atoms with E-state index in [1.165, 1.54) is 24.3 Å². The second-order valence-corrected chi connectivity index (χ2v) is 9.99. The van der Waals surface area contributed by atoms with Crippen molar-refractivity contribution in [3.63, 3.8) is 0 Å². The third-order valence-electron chi connectivity index (χ3n) is 5.95. The quantitative estimate of drug-likeness (QED) is 0.138. The molecule has 222 valence electrons. The Labute approximate surface area is 237 Å². The number of nitrogens with one attached hydrogen (secondary N) is 4. The number of benzene rings is 2. The summed E-state index contributed by atoms with van der Waals surface area (Å²) in [5, 5.41) is 38.0. The molecule has 0 radical (unpaired) electrons. The van der Waals surface area contributed by atoms with Gasteiger partial charge in [-0.1, -0.05) is 38.1 Å². The van der Waals surface area contributed by atoms with Crippen LogP contribution in [0.4, 0.5) is 0 Å². The van der Waals surface area contributed by atoms with Crippen molar-refractivity contribution in [1.29, 1.82) is 0 Å². The van der Waals surface area contributed by atoms with E-state index in [0.29, 0.717) is 5.56 Å². The lowest BCUT2D eigenvalue weighted by Gasteiger charge is -2.22. The van der Waals surface area contributed by atoms with Crippen LogP contribution in [-0.4, -0.2) is 76.1 Å². The maximum absolute atomic E-state index is 13.0. The third kappa shape index (κ3) is 12.0. The molecular formula is C28H37N5O8. The van der Waals surface area contributed by atoms with Crippen LogP contribution in [0.15, 0.2) is 48.5 Å². The Bertz CT molecular complexity index is 1200. The summed E-state index contributed by atoms with van der Waals surface area (Å²) in [7, 11) is 0. The summed E-state index contributed by atoms with van der Waals surface area (Å²) in [4.78, 5) is 61.6. The van der Waals surface area contributed by atoms with E-state index < -0.39 is 60.8 Å². The Morgan fingerprint density at radius 1 is 0.707 bits per heavy atom. The smallest absolute Gasteiger partial charge is 0.326 e. The molecule has 13 heteroatoms. The molecule has 2 aromatic carbocycles. The molecule has 0 bridgehead atoms. The van der Waals surface area contributed by atoms with Gasteiger partial charge in [-0.05, 0) is 54.2 Å². The van der Waals surface area contributed by atoms with E-state index in [0.717, 1.165) is 5.56 Å². The van der Waals surface area contributed by atoms with Crippen molar-refractivity contribution in [1.82, 2.24) is 21.3 Å². The number of carbonyl (C=O) groups is 5. The van der Waals surface area contributed by atoms with Crippen molar-refractivity contribution in [3.8, 4) is 11.5 Å². The van der Waals surface area contributed by atoms with E-state index in [4.69, 9.17) is 5.73 Å².